The number of furan rings is 1. The third-order valence-electron chi connectivity index (χ3n) is 3.31. The zero-order valence-corrected chi connectivity index (χ0v) is 12.3. The molecule has 0 amide bonds. The Bertz CT molecular complexity index is 625. The summed E-state index contributed by atoms with van der Waals surface area (Å²) < 4.78 is 10.3. The Morgan fingerprint density at radius 3 is 2.61 bits per heavy atom. The second-order valence-corrected chi connectivity index (χ2v) is 5.06. The van der Waals surface area contributed by atoms with Gasteiger partial charge in [0.1, 0.15) is 6.10 Å². The van der Waals surface area contributed by atoms with E-state index in [2.05, 4.69) is 0 Å². The smallest absolute Gasteiger partial charge is 0.226 e. The second kappa shape index (κ2) is 8.21. The molecule has 0 aliphatic rings. The van der Waals surface area contributed by atoms with E-state index in [9.17, 15) is 20.0 Å². The van der Waals surface area contributed by atoms with Crippen molar-refractivity contribution in [3.05, 3.63) is 70.2 Å². The molecule has 23 heavy (non-hydrogen) atoms. The molecule has 122 valence electrons. The summed E-state index contributed by atoms with van der Waals surface area (Å²) in [6, 6.07) is 12.2. The van der Waals surface area contributed by atoms with Crippen molar-refractivity contribution in [3.8, 4) is 0 Å². The first kappa shape index (κ1) is 16.9. The average Bonchev–Trinajstić information content (AvgIpc) is 3.07. The van der Waals surface area contributed by atoms with Gasteiger partial charge in [0.15, 0.2) is 5.76 Å². The zero-order valence-electron chi connectivity index (χ0n) is 12.3. The fraction of sp³-hybridized carbons (Fsp3) is 0.312. The van der Waals surface area contributed by atoms with Crippen LogP contribution in [0.3, 0.4) is 0 Å². The SMILES string of the molecule is O=C(c1ccco1)[C@@H](O)[C@@H](COCc1ccccc1)C[N+](=O)[O-]. The lowest BCUT2D eigenvalue weighted by atomic mass is 9.98. The van der Waals surface area contributed by atoms with E-state index in [4.69, 9.17) is 9.15 Å². The molecule has 0 saturated carbocycles. The Morgan fingerprint density at radius 1 is 1.26 bits per heavy atom. The summed E-state index contributed by atoms with van der Waals surface area (Å²) in [6.07, 6.45) is -0.253. The van der Waals surface area contributed by atoms with Gasteiger partial charge >= 0.3 is 0 Å². The molecule has 1 N–H and O–H groups in total. The minimum atomic E-state index is -1.55. The Morgan fingerprint density at radius 2 is 2.00 bits per heavy atom. The predicted molar refractivity (Wildman–Crippen MR) is 80.5 cm³/mol. The lowest BCUT2D eigenvalue weighted by molar-refractivity contribution is -0.490. The highest BCUT2D eigenvalue weighted by molar-refractivity contribution is 5.97. The standard InChI is InChI=1S/C16H17NO6/c18-15(16(19)14-7-4-8-23-14)13(9-17(20)21)11-22-10-12-5-2-1-3-6-12/h1-8,13,15,18H,9-11H2/t13-,15+/m1/s1. The highest BCUT2D eigenvalue weighted by Gasteiger charge is 2.32. The molecule has 1 aromatic carbocycles. The molecule has 0 radical (unpaired) electrons. The molecule has 7 heteroatoms. The maximum atomic E-state index is 12.0. The van der Waals surface area contributed by atoms with Crippen molar-refractivity contribution >= 4 is 5.78 Å². The van der Waals surface area contributed by atoms with Crippen molar-refractivity contribution in [2.45, 2.75) is 12.7 Å². The van der Waals surface area contributed by atoms with E-state index < -0.39 is 29.3 Å². The van der Waals surface area contributed by atoms with Crippen LogP contribution in [0.2, 0.25) is 0 Å². The first-order chi connectivity index (χ1) is 11.1. The number of ether oxygens (including phenoxy) is 1. The molecule has 0 fully saturated rings. The summed E-state index contributed by atoms with van der Waals surface area (Å²) in [5, 5.41) is 20.9. The first-order valence-electron chi connectivity index (χ1n) is 7.07. The molecule has 1 heterocycles. The number of carbonyl (C=O) groups excluding carboxylic acids is 1. The topological polar surface area (TPSA) is 103 Å². The molecular formula is C16H17NO6. The second-order valence-electron chi connectivity index (χ2n) is 5.06. The maximum Gasteiger partial charge on any atom is 0.226 e. The monoisotopic (exact) mass is 319 g/mol. The molecule has 0 spiro atoms. The van der Waals surface area contributed by atoms with E-state index in [1.54, 1.807) is 0 Å². The van der Waals surface area contributed by atoms with Crippen molar-refractivity contribution in [1.82, 2.24) is 0 Å². The van der Waals surface area contributed by atoms with E-state index in [0.29, 0.717) is 0 Å². The number of ketones is 1. The summed E-state index contributed by atoms with van der Waals surface area (Å²) in [4.78, 5) is 22.2. The van der Waals surface area contributed by atoms with E-state index in [1.165, 1.54) is 18.4 Å². The molecule has 1 aromatic heterocycles. The van der Waals surface area contributed by atoms with Crippen LogP contribution in [0, 0.1) is 16.0 Å². The fourth-order valence-corrected chi connectivity index (χ4v) is 2.12. The number of Topliss-reactive ketones (excluding diaryl/α,β-unsaturated/α-hetero) is 1. The number of nitrogens with zero attached hydrogens (tertiary/aromatic N) is 1. The normalized spacial score (nSPS) is 13.4. The fourth-order valence-electron chi connectivity index (χ4n) is 2.12. The molecule has 2 atom stereocenters. The van der Waals surface area contributed by atoms with E-state index in [0.717, 1.165) is 5.56 Å². The van der Waals surface area contributed by atoms with Crippen molar-refractivity contribution in [2.24, 2.45) is 5.92 Å². The van der Waals surface area contributed by atoms with E-state index >= 15 is 0 Å². The summed E-state index contributed by atoms with van der Waals surface area (Å²) in [7, 11) is 0. The molecule has 7 nitrogen and oxygen atoms in total. The number of aliphatic hydroxyl groups is 1. The molecule has 0 aliphatic heterocycles. The van der Waals surface area contributed by atoms with Crippen LogP contribution in [0.5, 0.6) is 0 Å². The molecule has 2 aromatic rings. The van der Waals surface area contributed by atoms with E-state index in [1.807, 2.05) is 30.3 Å². The lowest BCUT2D eigenvalue weighted by Gasteiger charge is -2.18. The summed E-state index contributed by atoms with van der Waals surface area (Å²) in [6.45, 7) is -0.428. The highest BCUT2D eigenvalue weighted by atomic mass is 16.6. The van der Waals surface area contributed by atoms with Gasteiger partial charge in [-0.3, -0.25) is 14.9 Å². The molecule has 0 aliphatic carbocycles. The highest BCUT2D eigenvalue weighted by Crippen LogP contribution is 2.14. The Hall–Kier alpha value is -2.51. The largest absolute Gasteiger partial charge is 0.461 e. The molecule has 0 bridgehead atoms. The van der Waals surface area contributed by atoms with Crippen LogP contribution in [0.25, 0.3) is 0 Å². The summed E-state index contributed by atoms with van der Waals surface area (Å²) in [5.41, 5.74) is 0.902. The van der Waals surface area contributed by atoms with E-state index in [-0.39, 0.29) is 19.0 Å². The van der Waals surface area contributed by atoms with Gasteiger partial charge in [0, 0.05) is 4.92 Å². The van der Waals surface area contributed by atoms with Gasteiger partial charge in [-0.2, -0.15) is 0 Å². The van der Waals surface area contributed by atoms with Gasteiger partial charge in [-0.15, -0.1) is 0 Å². The number of hydrogen-bond donors (Lipinski definition) is 1. The van der Waals surface area contributed by atoms with Crippen LogP contribution in [-0.4, -0.2) is 35.1 Å². The molecule has 2 rings (SSSR count). The zero-order chi connectivity index (χ0) is 16.7. The quantitative estimate of drug-likeness (QED) is 0.430. The van der Waals surface area contributed by atoms with Crippen molar-refractivity contribution in [3.63, 3.8) is 0 Å². The summed E-state index contributed by atoms with van der Waals surface area (Å²) in [5.74, 6) is -1.68. The molecule has 0 unspecified atom stereocenters. The maximum absolute atomic E-state index is 12.0. The number of carbonyl (C=O) groups is 1. The number of hydrogen-bond acceptors (Lipinski definition) is 6. The van der Waals surface area contributed by atoms with Gasteiger partial charge in [0.2, 0.25) is 12.3 Å². The van der Waals surface area contributed by atoms with Crippen LogP contribution in [0.15, 0.2) is 53.1 Å². The number of rotatable bonds is 9. The molecule has 0 saturated heterocycles. The first-order valence-corrected chi connectivity index (χ1v) is 7.07. The Balaban J connectivity index is 1.95. The van der Waals surface area contributed by atoms with Gasteiger partial charge in [0.05, 0.1) is 25.4 Å². The Labute approximate surface area is 132 Å². The minimum absolute atomic E-state index is 0.0334. The number of benzene rings is 1. The summed E-state index contributed by atoms with van der Waals surface area (Å²) >= 11 is 0. The van der Waals surface area contributed by atoms with Gasteiger partial charge in [-0.05, 0) is 17.7 Å². The van der Waals surface area contributed by atoms with Gasteiger partial charge < -0.3 is 14.3 Å². The minimum Gasteiger partial charge on any atom is -0.461 e. The third-order valence-corrected chi connectivity index (χ3v) is 3.31. The third kappa shape index (κ3) is 5.01. The van der Waals surface area contributed by atoms with Crippen LogP contribution < -0.4 is 0 Å². The van der Waals surface area contributed by atoms with Crippen molar-refractivity contribution in [1.29, 1.82) is 0 Å². The lowest BCUT2D eigenvalue weighted by Crippen LogP contribution is -2.37. The van der Waals surface area contributed by atoms with Crippen molar-refractivity contribution in [2.75, 3.05) is 13.2 Å². The molecular weight excluding hydrogens is 302 g/mol. The van der Waals surface area contributed by atoms with Crippen LogP contribution in [-0.2, 0) is 11.3 Å². The Kier molecular flexibility index (Phi) is 6.02. The number of nitro groups is 1. The number of aliphatic hydroxyl groups excluding tert-OH is 1. The van der Waals surface area contributed by atoms with Crippen LogP contribution in [0.4, 0.5) is 0 Å². The van der Waals surface area contributed by atoms with Gasteiger partial charge in [0.25, 0.3) is 0 Å². The predicted octanol–water partition coefficient (Wildman–Crippen LogP) is 1.93. The average molecular weight is 319 g/mol. The van der Waals surface area contributed by atoms with Crippen molar-refractivity contribution < 1.29 is 24.0 Å². The van der Waals surface area contributed by atoms with Gasteiger partial charge in [-0.25, -0.2) is 0 Å². The van der Waals surface area contributed by atoms with Crippen LogP contribution >= 0.6 is 0 Å². The van der Waals surface area contributed by atoms with Crippen LogP contribution in [0.1, 0.15) is 16.1 Å². The van der Waals surface area contributed by atoms with Gasteiger partial charge in [-0.1, -0.05) is 30.3 Å².